The van der Waals surface area contributed by atoms with Crippen LogP contribution in [-0.2, 0) is 14.8 Å². The number of benzene rings is 2. The molecule has 1 heterocycles. The number of carbonyl (C=O) groups is 1. The van der Waals surface area contributed by atoms with Crippen molar-refractivity contribution in [2.75, 3.05) is 11.3 Å². The van der Waals surface area contributed by atoms with Gasteiger partial charge in [0.25, 0.3) is 10.0 Å². The van der Waals surface area contributed by atoms with E-state index in [2.05, 4.69) is 9.82 Å². The molecule has 0 bridgehead atoms. The highest BCUT2D eigenvalue weighted by Gasteiger charge is 2.26. The summed E-state index contributed by atoms with van der Waals surface area (Å²) in [7, 11) is -4.17. The number of para-hydroxylation sites is 1. The van der Waals surface area contributed by atoms with E-state index < -0.39 is 16.0 Å². The molecule has 0 fully saturated rings. The van der Waals surface area contributed by atoms with E-state index in [-0.39, 0.29) is 32.9 Å². The van der Waals surface area contributed by atoms with Crippen LogP contribution in [0.4, 0.5) is 5.82 Å². The van der Waals surface area contributed by atoms with E-state index in [1.807, 2.05) is 0 Å². The van der Waals surface area contributed by atoms with Crippen LogP contribution in [0.15, 0.2) is 59.6 Å². The first-order valence-corrected chi connectivity index (χ1v) is 10.4. The third-order valence-electron chi connectivity index (χ3n) is 3.68. The Morgan fingerprint density at radius 1 is 1.18 bits per heavy atom. The molecule has 0 atom stereocenters. The van der Waals surface area contributed by atoms with E-state index in [0.29, 0.717) is 5.69 Å². The van der Waals surface area contributed by atoms with Crippen LogP contribution in [0.25, 0.3) is 5.69 Å². The zero-order valence-electron chi connectivity index (χ0n) is 14.6. The molecule has 3 aromatic rings. The van der Waals surface area contributed by atoms with Gasteiger partial charge in [0.2, 0.25) is 0 Å². The molecule has 7 nitrogen and oxygen atoms in total. The second kappa shape index (κ2) is 8.22. The first-order valence-electron chi connectivity index (χ1n) is 8.12. The fraction of sp³-hybridized carbons (Fsp3) is 0.111. The number of aromatic nitrogens is 2. The lowest BCUT2D eigenvalue weighted by molar-refractivity contribution is 0.0527. The van der Waals surface area contributed by atoms with Crippen molar-refractivity contribution < 1.29 is 17.9 Å². The predicted octanol–water partition coefficient (Wildman–Crippen LogP) is 4.16. The van der Waals surface area contributed by atoms with Gasteiger partial charge in [0.05, 0.1) is 23.5 Å². The number of halogens is 2. The molecule has 2 aromatic carbocycles. The number of rotatable bonds is 6. The van der Waals surface area contributed by atoms with E-state index in [9.17, 15) is 13.2 Å². The van der Waals surface area contributed by atoms with Crippen molar-refractivity contribution >= 4 is 45.0 Å². The molecule has 0 saturated heterocycles. The van der Waals surface area contributed by atoms with Gasteiger partial charge in [-0.2, -0.15) is 5.10 Å². The van der Waals surface area contributed by atoms with Crippen molar-refractivity contribution in [2.24, 2.45) is 0 Å². The van der Waals surface area contributed by atoms with Gasteiger partial charge in [-0.1, -0.05) is 41.4 Å². The number of anilines is 1. The van der Waals surface area contributed by atoms with Crippen molar-refractivity contribution in [3.63, 3.8) is 0 Å². The number of esters is 1. The van der Waals surface area contributed by atoms with E-state index in [1.165, 1.54) is 29.1 Å². The van der Waals surface area contributed by atoms with Crippen LogP contribution in [0.2, 0.25) is 10.0 Å². The molecule has 0 radical (unpaired) electrons. The number of hydrogen-bond acceptors (Lipinski definition) is 5. The summed E-state index contributed by atoms with van der Waals surface area (Å²) in [4.78, 5) is 12.1. The molecule has 0 saturated carbocycles. The minimum atomic E-state index is -4.17. The minimum Gasteiger partial charge on any atom is -0.462 e. The molecular weight excluding hydrogens is 425 g/mol. The van der Waals surface area contributed by atoms with Gasteiger partial charge in [0.15, 0.2) is 5.82 Å². The third-order valence-corrected chi connectivity index (χ3v) is 5.73. The maximum Gasteiger partial charge on any atom is 0.343 e. The molecule has 0 aliphatic heterocycles. The van der Waals surface area contributed by atoms with Crippen molar-refractivity contribution in [3.05, 3.63) is 70.3 Å². The molecule has 0 spiro atoms. The number of sulfonamides is 1. The Morgan fingerprint density at radius 2 is 1.89 bits per heavy atom. The van der Waals surface area contributed by atoms with E-state index in [4.69, 9.17) is 27.9 Å². The SMILES string of the molecule is CCOC(=O)c1cnn(-c2ccccc2)c1NS(=O)(=O)c1cc(Cl)ccc1Cl. The van der Waals surface area contributed by atoms with Gasteiger partial charge >= 0.3 is 5.97 Å². The van der Waals surface area contributed by atoms with Crippen molar-refractivity contribution in [3.8, 4) is 5.69 Å². The number of hydrogen-bond donors (Lipinski definition) is 1. The Hall–Kier alpha value is -2.55. The van der Waals surface area contributed by atoms with Crippen LogP contribution in [-0.4, -0.2) is 30.8 Å². The van der Waals surface area contributed by atoms with Crippen LogP contribution >= 0.6 is 23.2 Å². The lowest BCUT2D eigenvalue weighted by Gasteiger charge is -2.13. The maximum absolute atomic E-state index is 12.9. The van der Waals surface area contributed by atoms with E-state index >= 15 is 0 Å². The molecule has 0 aliphatic rings. The second-order valence-corrected chi connectivity index (χ2v) is 8.05. The summed E-state index contributed by atoms with van der Waals surface area (Å²) in [5.41, 5.74) is 0.514. The molecule has 28 heavy (non-hydrogen) atoms. The lowest BCUT2D eigenvalue weighted by atomic mass is 10.3. The highest BCUT2D eigenvalue weighted by Crippen LogP contribution is 2.29. The fourth-order valence-corrected chi connectivity index (χ4v) is 4.26. The number of nitrogens with zero attached hydrogens (tertiary/aromatic N) is 2. The van der Waals surface area contributed by atoms with Gasteiger partial charge in [-0.25, -0.2) is 17.9 Å². The Labute approximate surface area is 171 Å². The fourth-order valence-electron chi connectivity index (χ4n) is 2.44. The molecular formula is C18H15Cl2N3O4S. The molecule has 1 N–H and O–H groups in total. The third kappa shape index (κ3) is 4.14. The van der Waals surface area contributed by atoms with Crippen molar-refractivity contribution in [1.82, 2.24) is 9.78 Å². The van der Waals surface area contributed by atoms with E-state index in [1.54, 1.807) is 37.3 Å². The number of carbonyl (C=O) groups excluding carboxylic acids is 1. The summed E-state index contributed by atoms with van der Waals surface area (Å²) in [5, 5.41) is 4.32. The summed E-state index contributed by atoms with van der Waals surface area (Å²) >= 11 is 12.0. The van der Waals surface area contributed by atoms with Gasteiger partial charge in [0.1, 0.15) is 10.5 Å². The normalized spacial score (nSPS) is 11.2. The molecule has 0 amide bonds. The van der Waals surface area contributed by atoms with Gasteiger partial charge in [-0.3, -0.25) is 4.72 Å². The van der Waals surface area contributed by atoms with Crippen LogP contribution in [0.3, 0.4) is 0 Å². The van der Waals surface area contributed by atoms with Crippen LogP contribution in [0.1, 0.15) is 17.3 Å². The van der Waals surface area contributed by atoms with E-state index in [0.717, 1.165) is 0 Å². The maximum atomic E-state index is 12.9. The Balaban J connectivity index is 2.12. The second-order valence-electron chi connectivity index (χ2n) is 5.55. The molecule has 0 aliphatic carbocycles. The van der Waals surface area contributed by atoms with Gasteiger partial charge < -0.3 is 4.74 Å². The Morgan fingerprint density at radius 3 is 2.57 bits per heavy atom. The van der Waals surface area contributed by atoms with Crippen molar-refractivity contribution in [1.29, 1.82) is 0 Å². The predicted molar refractivity (Wildman–Crippen MR) is 107 cm³/mol. The van der Waals surface area contributed by atoms with Gasteiger partial charge in [-0.05, 0) is 37.3 Å². The Kier molecular flexibility index (Phi) is 5.93. The Bertz CT molecular complexity index is 1120. The summed E-state index contributed by atoms with van der Waals surface area (Å²) < 4.78 is 34.6. The summed E-state index contributed by atoms with van der Waals surface area (Å²) in [6, 6.07) is 12.8. The highest BCUT2D eigenvalue weighted by atomic mass is 35.5. The zero-order valence-corrected chi connectivity index (χ0v) is 16.9. The van der Waals surface area contributed by atoms with Crippen LogP contribution < -0.4 is 4.72 Å². The molecule has 146 valence electrons. The first kappa shape index (κ1) is 20.2. The van der Waals surface area contributed by atoms with Gasteiger partial charge in [-0.15, -0.1) is 0 Å². The van der Waals surface area contributed by atoms with Crippen LogP contribution in [0.5, 0.6) is 0 Å². The zero-order chi connectivity index (χ0) is 20.3. The monoisotopic (exact) mass is 439 g/mol. The number of ether oxygens (including phenoxy) is 1. The molecule has 1 aromatic heterocycles. The minimum absolute atomic E-state index is 0.0136. The standard InChI is InChI=1S/C18H15Cl2N3O4S/c1-2-27-18(24)14-11-21-23(13-6-4-3-5-7-13)17(14)22-28(25,26)16-10-12(19)8-9-15(16)20/h3-11,22H,2H2,1H3. The topological polar surface area (TPSA) is 90.3 Å². The number of nitrogens with one attached hydrogen (secondary N) is 1. The highest BCUT2D eigenvalue weighted by molar-refractivity contribution is 7.92. The largest absolute Gasteiger partial charge is 0.462 e. The summed E-state index contributed by atoms with van der Waals surface area (Å²) in [6.45, 7) is 1.77. The average Bonchev–Trinajstić information content (AvgIpc) is 3.07. The molecule has 3 rings (SSSR count). The quantitative estimate of drug-likeness (QED) is 0.582. The molecule has 0 unspecified atom stereocenters. The first-order chi connectivity index (χ1) is 13.3. The van der Waals surface area contributed by atoms with Crippen molar-refractivity contribution in [2.45, 2.75) is 11.8 Å². The molecule has 10 heteroatoms. The smallest absolute Gasteiger partial charge is 0.343 e. The van der Waals surface area contributed by atoms with Crippen LogP contribution in [0, 0.1) is 0 Å². The average molecular weight is 440 g/mol. The summed E-state index contributed by atoms with van der Waals surface area (Å²) in [5.74, 6) is -0.778. The van der Waals surface area contributed by atoms with Gasteiger partial charge in [0, 0.05) is 5.02 Å². The summed E-state index contributed by atoms with van der Waals surface area (Å²) in [6.07, 6.45) is 1.24. The lowest BCUT2D eigenvalue weighted by Crippen LogP contribution is -2.19.